The van der Waals surface area contributed by atoms with Crippen LogP contribution in [0.3, 0.4) is 0 Å². The minimum absolute atomic E-state index is 0.150. The summed E-state index contributed by atoms with van der Waals surface area (Å²) in [5.74, 6) is -1.61. The summed E-state index contributed by atoms with van der Waals surface area (Å²) in [6.45, 7) is 9.49. The molecule has 180 valence electrons. The number of nitrogens with zero attached hydrogens (tertiary/aromatic N) is 1. The highest BCUT2D eigenvalue weighted by Crippen LogP contribution is 2.19. The minimum Gasteiger partial charge on any atom is -0.376 e. The van der Waals surface area contributed by atoms with Gasteiger partial charge in [-0.1, -0.05) is 13.8 Å². The van der Waals surface area contributed by atoms with E-state index in [1.807, 2.05) is 34.6 Å². The van der Waals surface area contributed by atoms with E-state index in [1.165, 1.54) is 4.90 Å². The van der Waals surface area contributed by atoms with Gasteiger partial charge < -0.3 is 15.0 Å². The van der Waals surface area contributed by atoms with E-state index in [1.54, 1.807) is 0 Å². The summed E-state index contributed by atoms with van der Waals surface area (Å²) in [6, 6.07) is 3.53. The van der Waals surface area contributed by atoms with Gasteiger partial charge in [0.05, 0.1) is 17.5 Å². The van der Waals surface area contributed by atoms with Crippen LogP contribution in [0.5, 0.6) is 0 Å². The first kappa shape index (κ1) is 26.2. The molecule has 0 spiro atoms. The van der Waals surface area contributed by atoms with Crippen LogP contribution in [-0.4, -0.2) is 62.5 Å². The van der Waals surface area contributed by atoms with Crippen LogP contribution in [0.2, 0.25) is 0 Å². The van der Waals surface area contributed by atoms with Gasteiger partial charge in [-0.05, 0) is 63.8 Å². The molecule has 0 radical (unpaired) electrons. The Morgan fingerprint density at radius 3 is 2.34 bits per heavy atom. The second-order valence-corrected chi connectivity index (χ2v) is 11.2. The van der Waals surface area contributed by atoms with E-state index in [2.05, 4.69) is 10.0 Å². The molecule has 1 aliphatic heterocycles. The average Bonchev–Trinajstić information content (AvgIpc) is 3.17. The molecule has 1 fully saturated rings. The van der Waals surface area contributed by atoms with Gasteiger partial charge >= 0.3 is 0 Å². The minimum atomic E-state index is -4.02. The van der Waals surface area contributed by atoms with Crippen LogP contribution in [-0.2, 0) is 24.3 Å². The van der Waals surface area contributed by atoms with Crippen molar-refractivity contribution in [3.05, 3.63) is 30.1 Å². The topological polar surface area (TPSA) is 105 Å². The number of benzene rings is 1. The fourth-order valence-electron chi connectivity index (χ4n) is 3.58. The molecule has 32 heavy (non-hydrogen) atoms. The average molecular weight is 472 g/mol. The number of rotatable bonds is 9. The molecule has 2 atom stereocenters. The van der Waals surface area contributed by atoms with Crippen molar-refractivity contribution in [2.75, 3.05) is 19.7 Å². The molecule has 2 N–H and O–H groups in total. The highest BCUT2D eigenvalue weighted by Gasteiger charge is 2.36. The molecule has 0 aromatic heterocycles. The summed E-state index contributed by atoms with van der Waals surface area (Å²) >= 11 is 0. The Morgan fingerprint density at radius 1 is 1.22 bits per heavy atom. The second kappa shape index (κ2) is 10.7. The lowest BCUT2D eigenvalue weighted by molar-refractivity contribution is -0.143. The van der Waals surface area contributed by atoms with Crippen molar-refractivity contribution in [2.45, 2.75) is 70.0 Å². The summed E-state index contributed by atoms with van der Waals surface area (Å²) in [7, 11) is -4.02. The molecule has 2 rings (SSSR count). The second-order valence-electron chi connectivity index (χ2n) is 9.39. The van der Waals surface area contributed by atoms with Gasteiger partial charge in [-0.25, -0.2) is 17.5 Å². The summed E-state index contributed by atoms with van der Waals surface area (Å²) in [5, 5.41) is 2.92. The van der Waals surface area contributed by atoms with Crippen molar-refractivity contribution in [2.24, 2.45) is 5.92 Å². The Labute approximate surface area is 189 Å². The largest absolute Gasteiger partial charge is 0.376 e. The van der Waals surface area contributed by atoms with Gasteiger partial charge in [-0.2, -0.15) is 0 Å². The number of carbonyl (C=O) groups excluding carboxylic acids is 2. The maximum atomic E-state index is 13.2. The molecule has 2 amide bonds. The molecule has 8 nitrogen and oxygen atoms in total. The third kappa shape index (κ3) is 7.53. The van der Waals surface area contributed by atoms with Gasteiger partial charge in [0.25, 0.3) is 0 Å². The van der Waals surface area contributed by atoms with Crippen LogP contribution in [0.1, 0.15) is 47.5 Å². The van der Waals surface area contributed by atoms with Gasteiger partial charge in [-0.15, -0.1) is 0 Å². The molecule has 1 aromatic rings. The Bertz CT molecular complexity index is 891. The molecule has 0 unspecified atom stereocenters. The summed E-state index contributed by atoms with van der Waals surface area (Å²) < 4.78 is 46.1. The van der Waals surface area contributed by atoms with Gasteiger partial charge in [0.1, 0.15) is 11.9 Å². The number of amides is 2. The van der Waals surface area contributed by atoms with Gasteiger partial charge in [0.2, 0.25) is 21.8 Å². The Balaban J connectivity index is 2.22. The van der Waals surface area contributed by atoms with Crippen molar-refractivity contribution in [3.63, 3.8) is 0 Å². The van der Waals surface area contributed by atoms with Crippen LogP contribution < -0.4 is 10.0 Å². The van der Waals surface area contributed by atoms with E-state index in [-0.39, 0.29) is 29.4 Å². The predicted molar refractivity (Wildman–Crippen MR) is 119 cm³/mol. The van der Waals surface area contributed by atoms with Crippen LogP contribution in [0.25, 0.3) is 0 Å². The molecule has 1 heterocycles. The lowest BCUT2D eigenvalue weighted by Gasteiger charge is -2.36. The normalized spacial score (nSPS) is 17.9. The first-order chi connectivity index (χ1) is 14.8. The maximum absolute atomic E-state index is 13.2. The fraction of sp³-hybridized carbons (Fsp3) is 0.636. The number of carbonyl (C=O) groups is 2. The Morgan fingerprint density at radius 2 is 1.84 bits per heavy atom. The summed E-state index contributed by atoms with van der Waals surface area (Å²) in [4.78, 5) is 27.5. The van der Waals surface area contributed by atoms with Crippen LogP contribution in [0.4, 0.5) is 4.39 Å². The van der Waals surface area contributed by atoms with Crippen molar-refractivity contribution < 1.29 is 27.1 Å². The molecule has 0 saturated carbocycles. The van der Waals surface area contributed by atoms with Crippen molar-refractivity contribution >= 4 is 21.8 Å². The van der Waals surface area contributed by atoms with Crippen molar-refractivity contribution in [3.8, 4) is 0 Å². The Hall–Kier alpha value is -2.04. The van der Waals surface area contributed by atoms with Crippen LogP contribution >= 0.6 is 0 Å². The van der Waals surface area contributed by atoms with E-state index < -0.39 is 39.9 Å². The molecular weight excluding hydrogens is 437 g/mol. The number of hydrogen-bond acceptors (Lipinski definition) is 5. The molecule has 0 aliphatic carbocycles. The number of hydrogen-bond donors (Lipinski definition) is 2. The van der Waals surface area contributed by atoms with Crippen LogP contribution in [0, 0.1) is 11.7 Å². The zero-order valence-corrected chi connectivity index (χ0v) is 20.2. The van der Waals surface area contributed by atoms with E-state index in [0.717, 1.165) is 37.1 Å². The number of halogens is 1. The highest BCUT2D eigenvalue weighted by molar-refractivity contribution is 7.89. The fourth-order valence-corrected chi connectivity index (χ4v) is 4.56. The highest BCUT2D eigenvalue weighted by atomic mass is 32.2. The third-order valence-corrected chi connectivity index (χ3v) is 6.43. The van der Waals surface area contributed by atoms with Gasteiger partial charge in [0.15, 0.2) is 0 Å². The van der Waals surface area contributed by atoms with Gasteiger partial charge in [0, 0.05) is 18.7 Å². The molecule has 1 saturated heterocycles. The monoisotopic (exact) mass is 471 g/mol. The molecular formula is C22H34FN3O5S. The van der Waals surface area contributed by atoms with E-state index in [4.69, 9.17) is 4.74 Å². The predicted octanol–water partition coefficient (Wildman–Crippen LogP) is 2.05. The summed E-state index contributed by atoms with van der Waals surface area (Å²) in [5.41, 5.74) is -0.493. The van der Waals surface area contributed by atoms with Crippen molar-refractivity contribution in [1.82, 2.24) is 14.9 Å². The van der Waals surface area contributed by atoms with E-state index >= 15 is 0 Å². The Kier molecular flexibility index (Phi) is 8.78. The van der Waals surface area contributed by atoms with Crippen LogP contribution in [0.15, 0.2) is 29.2 Å². The standard InChI is InChI=1S/C22H34FN3O5S/c1-15(2)20(21(28)25-22(3,4)5)26(14-17-7-6-12-31-17)19(27)13-24-32(29,30)18-10-8-16(23)9-11-18/h8-11,15,17,20,24H,6-7,12-14H2,1-5H3,(H,25,28)/t17-,20+/m0/s1. The zero-order chi connectivity index (χ0) is 24.1. The number of nitrogens with one attached hydrogen (secondary N) is 2. The van der Waals surface area contributed by atoms with E-state index in [9.17, 15) is 22.4 Å². The SMILES string of the molecule is CC(C)[C@H](C(=O)NC(C)(C)C)N(C[C@@H]1CCCO1)C(=O)CNS(=O)(=O)c1ccc(F)cc1. The lowest BCUT2D eigenvalue weighted by atomic mass is 9.98. The molecule has 1 aliphatic rings. The van der Waals surface area contributed by atoms with E-state index in [0.29, 0.717) is 6.61 Å². The molecule has 10 heteroatoms. The smallest absolute Gasteiger partial charge is 0.243 e. The summed E-state index contributed by atoms with van der Waals surface area (Å²) in [6.07, 6.45) is 1.41. The third-order valence-electron chi connectivity index (χ3n) is 5.02. The molecule has 1 aromatic carbocycles. The molecule has 0 bridgehead atoms. The number of sulfonamides is 1. The number of ether oxygens (including phenoxy) is 1. The first-order valence-electron chi connectivity index (χ1n) is 10.8. The quantitative estimate of drug-likeness (QED) is 0.574. The van der Waals surface area contributed by atoms with Crippen molar-refractivity contribution in [1.29, 1.82) is 0 Å². The zero-order valence-electron chi connectivity index (χ0n) is 19.4. The lowest BCUT2D eigenvalue weighted by Crippen LogP contribution is -2.58. The maximum Gasteiger partial charge on any atom is 0.243 e. The first-order valence-corrected chi connectivity index (χ1v) is 12.3. The van der Waals surface area contributed by atoms with Gasteiger partial charge in [-0.3, -0.25) is 9.59 Å².